The Hall–Kier alpha value is -1.66. The number of benzene rings is 2. The summed E-state index contributed by atoms with van der Waals surface area (Å²) < 4.78 is 14.9. The third-order valence-electron chi connectivity index (χ3n) is 2.71. The van der Waals surface area contributed by atoms with Crippen LogP contribution in [0.25, 0.3) is 0 Å². The summed E-state index contributed by atoms with van der Waals surface area (Å²) in [5.74, 6) is -1.33. The second kappa shape index (κ2) is 9.15. The topological polar surface area (TPSA) is 61.8 Å². The van der Waals surface area contributed by atoms with Crippen molar-refractivity contribution in [1.82, 2.24) is 0 Å². The second-order valence-corrected chi connectivity index (χ2v) is 6.26. The lowest BCUT2D eigenvalue weighted by Gasteiger charge is -2.09. The number of hydrogen-bond acceptors (Lipinski definition) is 5. The molecule has 0 atom stereocenters. The van der Waals surface area contributed by atoms with Crippen LogP contribution < -0.4 is 9.47 Å². The molecular formula is C16H10Cl4O5. The molecular weight excluding hydrogens is 414 g/mol. The molecule has 0 aliphatic heterocycles. The molecule has 2 aromatic rings. The fraction of sp³-hybridized carbons (Fsp3) is 0.125. The third-order valence-corrected chi connectivity index (χ3v) is 3.77. The fourth-order valence-electron chi connectivity index (χ4n) is 1.64. The number of carbonyl (C=O) groups excluding carboxylic acids is 2. The minimum Gasteiger partial charge on any atom is -0.480 e. The van der Waals surface area contributed by atoms with Gasteiger partial charge in [-0.25, -0.2) is 9.59 Å². The molecule has 0 aliphatic rings. The molecule has 0 bridgehead atoms. The number of halogens is 4. The first kappa shape index (κ1) is 19.7. The van der Waals surface area contributed by atoms with Crippen molar-refractivity contribution in [1.29, 1.82) is 0 Å². The summed E-state index contributed by atoms with van der Waals surface area (Å²) in [7, 11) is 0. The van der Waals surface area contributed by atoms with Crippen molar-refractivity contribution in [2.75, 3.05) is 13.2 Å². The molecule has 2 rings (SSSR count). The second-order valence-electron chi connectivity index (χ2n) is 4.57. The van der Waals surface area contributed by atoms with Gasteiger partial charge in [0, 0.05) is 10.0 Å². The molecule has 9 heteroatoms. The molecule has 0 saturated carbocycles. The molecule has 2 aromatic carbocycles. The van der Waals surface area contributed by atoms with Crippen LogP contribution in [0.2, 0.25) is 20.1 Å². The van der Waals surface area contributed by atoms with Gasteiger partial charge in [-0.2, -0.15) is 0 Å². The van der Waals surface area contributed by atoms with E-state index in [1.54, 1.807) is 12.1 Å². The Labute approximate surface area is 163 Å². The Balaban J connectivity index is 1.79. The zero-order chi connectivity index (χ0) is 18.4. The van der Waals surface area contributed by atoms with Crippen molar-refractivity contribution in [3.63, 3.8) is 0 Å². The molecule has 0 amide bonds. The summed E-state index contributed by atoms with van der Waals surface area (Å²) in [5.41, 5.74) is 0. The minimum absolute atomic E-state index is 0.229. The van der Waals surface area contributed by atoms with Crippen molar-refractivity contribution in [2.45, 2.75) is 0 Å². The van der Waals surface area contributed by atoms with Gasteiger partial charge < -0.3 is 14.2 Å². The normalized spacial score (nSPS) is 10.2. The molecule has 0 heterocycles. The van der Waals surface area contributed by atoms with Crippen molar-refractivity contribution in [2.24, 2.45) is 0 Å². The number of hydrogen-bond donors (Lipinski definition) is 0. The molecule has 0 radical (unpaired) electrons. The lowest BCUT2D eigenvalue weighted by atomic mass is 10.3. The predicted molar refractivity (Wildman–Crippen MR) is 95.0 cm³/mol. The van der Waals surface area contributed by atoms with E-state index >= 15 is 0 Å². The lowest BCUT2D eigenvalue weighted by molar-refractivity contribution is -0.162. The van der Waals surface area contributed by atoms with Gasteiger partial charge in [0.2, 0.25) is 0 Å². The van der Waals surface area contributed by atoms with Crippen LogP contribution in [0.1, 0.15) is 0 Å². The SMILES string of the molecule is O=C(COc1ccc(Cl)cc1Cl)OC(=O)COc1ccc(Cl)cc1Cl. The zero-order valence-electron chi connectivity index (χ0n) is 12.4. The fourth-order valence-corrected chi connectivity index (χ4v) is 2.57. The van der Waals surface area contributed by atoms with Crippen LogP contribution in [0.4, 0.5) is 0 Å². The lowest BCUT2D eigenvalue weighted by Crippen LogP contribution is -2.23. The molecule has 0 fully saturated rings. The van der Waals surface area contributed by atoms with Crippen LogP contribution in [0.5, 0.6) is 11.5 Å². The molecule has 0 spiro atoms. The number of esters is 2. The maximum Gasteiger partial charge on any atom is 0.351 e. The molecule has 25 heavy (non-hydrogen) atoms. The van der Waals surface area contributed by atoms with Gasteiger partial charge in [-0.3, -0.25) is 0 Å². The molecule has 132 valence electrons. The Bertz CT molecular complexity index is 729. The van der Waals surface area contributed by atoms with E-state index in [0.717, 1.165) is 0 Å². The summed E-state index contributed by atoms with van der Waals surface area (Å²) in [4.78, 5) is 23.2. The van der Waals surface area contributed by atoms with Gasteiger partial charge >= 0.3 is 11.9 Å². The third kappa shape index (κ3) is 6.29. The van der Waals surface area contributed by atoms with Gasteiger partial charge in [-0.05, 0) is 36.4 Å². The van der Waals surface area contributed by atoms with E-state index in [1.807, 2.05) is 0 Å². The van der Waals surface area contributed by atoms with E-state index in [-0.39, 0.29) is 21.5 Å². The summed E-state index contributed by atoms with van der Waals surface area (Å²) in [6, 6.07) is 8.99. The van der Waals surface area contributed by atoms with E-state index in [2.05, 4.69) is 4.74 Å². The summed E-state index contributed by atoms with van der Waals surface area (Å²) in [6.45, 7) is -1.01. The highest BCUT2D eigenvalue weighted by atomic mass is 35.5. The van der Waals surface area contributed by atoms with Crippen molar-refractivity contribution in [3.05, 3.63) is 56.5 Å². The monoisotopic (exact) mass is 422 g/mol. The summed E-state index contributed by atoms with van der Waals surface area (Å²) in [5, 5.41) is 1.31. The zero-order valence-corrected chi connectivity index (χ0v) is 15.5. The van der Waals surface area contributed by atoms with Crippen molar-refractivity contribution in [3.8, 4) is 11.5 Å². The molecule has 0 aromatic heterocycles. The van der Waals surface area contributed by atoms with Crippen LogP contribution in [0.3, 0.4) is 0 Å². The Morgan fingerprint density at radius 2 is 1.12 bits per heavy atom. The van der Waals surface area contributed by atoms with E-state index in [9.17, 15) is 9.59 Å². The average molecular weight is 424 g/mol. The van der Waals surface area contributed by atoms with E-state index in [1.165, 1.54) is 24.3 Å². The Morgan fingerprint density at radius 3 is 1.48 bits per heavy atom. The number of rotatable bonds is 6. The van der Waals surface area contributed by atoms with Crippen LogP contribution in [-0.2, 0) is 14.3 Å². The van der Waals surface area contributed by atoms with Gasteiger partial charge in [0.05, 0.1) is 10.0 Å². The van der Waals surface area contributed by atoms with Crippen LogP contribution in [-0.4, -0.2) is 25.2 Å². The van der Waals surface area contributed by atoms with Crippen LogP contribution in [0.15, 0.2) is 36.4 Å². The van der Waals surface area contributed by atoms with Crippen molar-refractivity contribution < 1.29 is 23.8 Å². The smallest absolute Gasteiger partial charge is 0.351 e. The molecule has 0 aliphatic carbocycles. The largest absolute Gasteiger partial charge is 0.480 e. The van der Waals surface area contributed by atoms with E-state index in [0.29, 0.717) is 10.0 Å². The highest BCUT2D eigenvalue weighted by Crippen LogP contribution is 2.28. The van der Waals surface area contributed by atoms with Gasteiger partial charge in [-0.15, -0.1) is 0 Å². The highest BCUT2D eigenvalue weighted by molar-refractivity contribution is 6.36. The maximum absolute atomic E-state index is 11.6. The maximum atomic E-state index is 11.6. The van der Waals surface area contributed by atoms with Gasteiger partial charge in [-0.1, -0.05) is 46.4 Å². The minimum atomic E-state index is -0.901. The van der Waals surface area contributed by atoms with Crippen LogP contribution >= 0.6 is 46.4 Å². The molecule has 0 unspecified atom stereocenters. The quantitative estimate of drug-likeness (QED) is 0.492. The molecule has 5 nitrogen and oxygen atoms in total. The predicted octanol–water partition coefficient (Wildman–Crippen LogP) is 4.83. The summed E-state index contributed by atoms with van der Waals surface area (Å²) in [6.07, 6.45) is 0. The average Bonchev–Trinajstić information content (AvgIpc) is 2.53. The Kier molecular flexibility index (Phi) is 7.20. The first-order chi connectivity index (χ1) is 11.8. The first-order valence-electron chi connectivity index (χ1n) is 6.74. The number of ether oxygens (including phenoxy) is 3. The van der Waals surface area contributed by atoms with Crippen LogP contribution in [0, 0.1) is 0 Å². The summed E-state index contributed by atoms with van der Waals surface area (Å²) >= 11 is 23.3. The van der Waals surface area contributed by atoms with E-state index < -0.39 is 25.2 Å². The molecule has 0 N–H and O–H groups in total. The van der Waals surface area contributed by atoms with Crippen molar-refractivity contribution >= 4 is 58.3 Å². The first-order valence-corrected chi connectivity index (χ1v) is 8.25. The Morgan fingerprint density at radius 1 is 0.720 bits per heavy atom. The highest BCUT2D eigenvalue weighted by Gasteiger charge is 2.14. The molecule has 0 saturated heterocycles. The van der Waals surface area contributed by atoms with Gasteiger partial charge in [0.25, 0.3) is 0 Å². The standard InChI is InChI=1S/C16H10Cl4O5/c17-9-1-3-13(11(19)5-9)23-7-15(21)25-16(22)8-24-14-4-2-10(18)6-12(14)20/h1-6H,7-8H2. The van der Waals surface area contributed by atoms with Gasteiger partial charge in [0.15, 0.2) is 13.2 Å². The van der Waals surface area contributed by atoms with E-state index in [4.69, 9.17) is 55.9 Å². The number of carbonyl (C=O) groups is 2. The van der Waals surface area contributed by atoms with Gasteiger partial charge in [0.1, 0.15) is 11.5 Å².